The Bertz CT molecular complexity index is 721. The third kappa shape index (κ3) is 4.91. The Hall–Kier alpha value is -2.64. The summed E-state index contributed by atoms with van der Waals surface area (Å²) in [6, 6.07) is 12.8. The van der Waals surface area contributed by atoms with E-state index in [-0.39, 0.29) is 12.3 Å². The van der Waals surface area contributed by atoms with E-state index in [2.05, 4.69) is 5.32 Å². The van der Waals surface area contributed by atoms with Crippen LogP contribution < -0.4 is 10.1 Å². The van der Waals surface area contributed by atoms with Crippen LogP contribution in [0.4, 0.5) is 11.4 Å². The molecule has 0 saturated heterocycles. The van der Waals surface area contributed by atoms with Crippen molar-refractivity contribution in [3.63, 3.8) is 0 Å². The van der Waals surface area contributed by atoms with Crippen LogP contribution in [0.15, 0.2) is 42.5 Å². The number of rotatable bonds is 9. The molecule has 0 bridgehead atoms. The van der Waals surface area contributed by atoms with Gasteiger partial charge in [-0.2, -0.15) is 0 Å². The Balaban J connectivity index is 2.21. The lowest BCUT2D eigenvalue weighted by Crippen LogP contribution is -2.26. The molecule has 0 saturated carbocycles. The highest BCUT2D eigenvalue weighted by Gasteiger charge is 2.16. The van der Waals surface area contributed by atoms with Gasteiger partial charge in [-0.3, -0.25) is 15.0 Å². The average Bonchev–Trinajstić information content (AvgIpc) is 2.62. The zero-order valence-corrected chi connectivity index (χ0v) is 14.4. The number of nitro groups is 1. The van der Waals surface area contributed by atoms with Gasteiger partial charge < -0.3 is 15.2 Å². The van der Waals surface area contributed by atoms with Crippen molar-refractivity contribution in [1.29, 1.82) is 0 Å². The van der Waals surface area contributed by atoms with Gasteiger partial charge in [-0.15, -0.1) is 0 Å². The molecule has 0 aliphatic heterocycles. The van der Waals surface area contributed by atoms with Gasteiger partial charge in [0.25, 0.3) is 5.69 Å². The average molecular weight is 345 g/mol. The van der Waals surface area contributed by atoms with E-state index in [1.54, 1.807) is 26.3 Å². The Kier molecular flexibility index (Phi) is 6.73. The molecule has 2 N–H and O–H groups in total. The highest BCUT2D eigenvalue weighted by atomic mass is 16.6. The minimum Gasteiger partial charge on any atom is -0.496 e. The number of hydrogen-bond acceptors (Lipinski definition) is 6. The third-order valence-corrected chi connectivity index (χ3v) is 3.94. The van der Waals surface area contributed by atoms with Crippen LogP contribution in [0.25, 0.3) is 0 Å². The maximum absolute atomic E-state index is 11.2. The summed E-state index contributed by atoms with van der Waals surface area (Å²) in [5, 5.41) is 23.4. The summed E-state index contributed by atoms with van der Waals surface area (Å²) < 4.78 is 5.37. The summed E-state index contributed by atoms with van der Waals surface area (Å²) in [6.07, 6.45) is 0. The van der Waals surface area contributed by atoms with Crippen molar-refractivity contribution >= 4 is 11.4 Å². The lowest BCUT2D eigenvalue weighted by atomic mass is 10.1. The van der Waals surface area contributed by atoms with E-state index in [0.29, 0.717) is 25.3 Å². The molecule has 2 rings (SSSR count). The van der Waals surface area contributed by atoms with Gasteiger partial charge in [-0.25, -0.2) is 0 Å². The van der Waals surface area contributed by atoms with Gasteiger partial charge >= 0.3 is 0 Å². The summed E-state index contributed by atoms with van der Waals surface area (Å²) in [6.45, 7) is 1.53. The lowest BCUT2D eigenvalue weighted by molar-refractivity contribution is -0.384. The quantitative estimate of drug-likeness (QED) is 0.537. The van der Waals surface area contributed by atoms with E-state index in [1.165, 1.54) is 0 Å². The molecule has 0 unspecified atom stereocenters. The second-order valence-electron chi connectivity index (χ2n) is 5.60. The molecule has 134 valence electrons. The monoisotopic (exact) mass is 345 g/mol. The van der Waals surface area contributed by atoms with Gasteiger partial charge in [0.05, 0.1) is 18.6 Å². The van der Waals surface area contributed by atoms with Crippen molar-refractivity contribution < 1.29 is 14.8 Å². The van der Waals surface area contributed by atoms with Gasteiger partial charge in [0.15, 0.2) is 0 Å². The number of hydrogen-bond donors (Lipinski definition) is 2. The van der Waals surface area contributed by atoms with Crippen molar-refractivity contribution in [3.05, 3.63) is 63.7 Å². The van der Waals surface area contributed by atoms with Crippen LogP contribution in [-0.4, -0.2) is 42.2 Å². The molecular formula is C18H23N3O4. The Morgan fingerprint density at radius 2 is 2.00 bits per heavy atom. The van der Waals surface area contributed by atoms with Gasteiger partial charge in [0.1, 0.15) is 11.4 Å². The molecular weight excluding hydrogens is 322 g/mol. The maximum atomic E-state index is 11.2. The first kappa shape index (κ1) is 18.7. The standard InChI is InChI=1S/C18H23N3O4/c1-19-16-8-7-14(11-17(16)21(23)24)12-20(9-10-22)13-15-5-3-4-6-18(15)25-2/h3-8,11,19,22H,9-10,12-13H2,1-2H3. The largest absolute Gasteiger partial charge is 0.496 e. The van der Waals surface area contributed by atoms with Crippen molar-refractivity contribution in [1.82, 2.24) is 4.90 Å². The first-order valence-electron chi connectivity index (χ1n) is 7.99. The molecule has 7 heteroatoms. The Morgan fingerprint density at radius 3 is 2.64 bits per heavy atom. The van der Waals surface area contributed by atoms with E-state index >= 15 is 0 Å². The number of ether oxygens (including phenoxy) is 1. The minimum atomic E-state index is -0.397. The van der Waals surface area contributed by atoms with Crippen LogP contribution in [0.1, 0.15) is 11.1 Å². The predicted molar refractivity (Wildman–Crippen MR) is 96.8 cm³/mol. The number of aliphatic hydroxyl groups excluding tert-OH is 1. The van der Waals surface area contributed by atoms with Crippen LogP contribution >= 0.6 is 0 Å². The Labute approximate surface area is 147 Å². The molecule has 0 amide bonds. The highest BCUT2D eigenvalue weighted by molar-refractivity contribution is 5.62. The number of aliphatic hydroxyl groups is 1. The zero-order chi connectivity index (χ0) is 18.2. The van der Waals surface area contributed by atoms with E-state index < -0.39 is 4.92 Å². The molecule has 0 heterocycles. The molecule has 0 spiro atoms. The smallest absolute Gasteiger partial charge is 0.292 e. The minimum absolute atomic E-state index is 0.00580. The molecule has 25 heavy (non-hydrogen) atoms. The number of anilines is 1. The van der Waals surface area contributed by atoms with Gasteiger partial charge in [0, 0.05) is 38.3 Å². The summed E-state index contributed by atoms with van der Waals surface area (Å²) in [5.74, 6) is 0.780. The number of benzene rings is 2. The van der Waals surface area contributed by atoms with E-state index in [9.17, 15) is 15.2 Å². The maximum Gasteiger partial charge on any atom is 0.292 e. The lowest BCUT2D eigenvalue weighted by Gasteiger charge is -2.22. The fourth-order valence-electron chi connectivity index (χ4n) is 2.73. The van der Waals surface area contributed by atoms with E-state index in [0.717, 1.165) is 16.9 Å². The summed E-state index contributed by atoms with van der Waals surface area (Å²) in [4.78, 5) is 12.8. The zero-order valence-electron chi connectivity index (χ0n) is 14.4. The second kappa shape index (κ2) is 9.00. The normalized spacial score (nSPS) is 10.7. The molecule has 0 aliphatic rings. The topological polar surface area (TPSA) is 87.9 Å². The first-order valence-corrected chi connectivity index (χ1v) is 7.99. The van der Waals surface area contributed by atoms with Crippen LogP contribution in [-0.2, 0) is 13.1 Å². The molecule has 2 aromatic rings. The molecule has 0 atom stereocenters. The van der Waals surface area contributed by atoms with Crippen molar-refractivity contribution in [2.24, 2.45) is 0 Å². The van der Waals surface area contributed by atoms with Crippen molar-refractivity contribution in [2.45, 2.75) is 13.1 Å². The number of methoxy groups -OCH3 is 1. The number of nitro benzene ring substituents is 1. The SMILES string of the molecule is CNc1ccc(CN(CCO)Cc2ccccc2OC)cc1[N+](=O)[O-]. The fraction of sp³-hybridized carbons (Fsp3) is 0.333. The van der Waals surface area contributed by atoms with Gasteiger partial charge in [-0.1, -0.05) is 24.3 Å². The molecule has 0 fully saturated rings. The first-order chi connectivity index (χ1) is 12.1. The van der Waals surface area contributed by atoms with Crippen molar-refractivity contribution in [2.75, 3.05) is 32.6 Å². The predicted octanol–water partition coefficient (Wildman–Crippen LogP) is 2.64. The molecule has 2 aromatic carbocycles. The second-order valence-corrected chi connectivity index (χ2v) is 5.60. The third-order valence-electron chi connectivity index (χ3n) is 3.94. The Morgan fingerprint density at radius 1 is 1.24 bits per heavy atom. The van der Waals surface area contributed by atoms with Gasteiger partial charge in [0.2, 0.25) is 0 Å². The molecule has 7 nitrogen and oxygen atoms in total. The van der Waals surface area contributed by atoms with E-state index in [4.69, 9.17) is 4.74 Å². The van der Waals surface area contributed by atoms with Crippen LogP contribution in [0.2, 0.25) is 0 Å². The summed E-state index contributed by atoms with van der Waals surface area (Å²) >= 11 is 0. The van der Waals surface area contributed by atoms with Crippen molar-refractivity contribution in [3.8, 4) is 5.75 Å². The highest BCUT2D eigenvalue weighted by Crippen LogP contribution is 2.26. The van der Waals surface area contributed by atoms with Crippen LogP contribution in [0.5, 0.6) is 5.75 Å². The summed E-state index contributed by atoms with van der Waals surface area (Å²) in [5.41, 5.74) is 2.34. The van der Waals surface area contributed by atoms with Gasteiger partial charge in [-0.05, 0) is 17.7 Å². The fourth-order valence-corrected chi connectivity index (χ4v) is 2.73. The summed E-state index contributed by atoms with van der Waals surface area (Å²) in [7, 11) is 3.27. The molecule has 0 aliphatic carbocycles. The number of para-hydroxylation sites is 1. The molecule has 0 radical (unpaired) electrons. The van der Waals surface area contributed by atoms with E-state index in [1.807, 2.05) is 35.2 Å². The van der Waals surface area contributed by atoms with Crippen LogP contribution in [0, 0.1) is 10.1 Å². The number of nitrogens with one attached hydrogen (secondary N) is 1. The number of nitrogens with zero attached hydrogens (tertiary/aromatic N) is 2. The molecule has 0 aromatic heterocycles. The van der Waals surface area contributed by atoms with Crippen LogP contribution in [0.3, 0.4) is 0 Å².